The van der Waals surface area contributed by atoms with Gasteiger partial charge < -0.3 is 30.3 Å². The second-order valence-corrected chi connectivity index (χ2v) is 10.9. The summed E-state index contributed by atoms with van der Waals surface area (Å²) in [6, 6.07) is 9.73. The summed E-state index contributed by atoms with van der Waals surface area (Å²) in [6.07, 6.45) is 5.38. The Morgan fingerprint density at radius 3 is 2.57 bits per heavy atom. The molecule has 0 bridgehead atoms. The number of carbonyl (C=O) groups excluding carboxylic acids is 2. The molecule has 15 heteroatoms. The van der Waals surface area contributed by atoms with Crippen LogP contribution in [0.4, 0.5) is 20.3 Å². The summed E-state index contributed by atoms with van der Waals surface area (Å²) < 4.78 is 36.1. The number of halogens is 2. The normalized spacial score (nSPS) is 15.8. The molecule has 0 saturated carbocycles. The number of anilines is 2. The molecule has 0 radical (unpaired) electrons. The van der Waals surface area contributed by atoms with Crippen molar-refractivity contribution < 1.29 is 33.0 Å². The van der Waals surface area contributed by atoms with Crippen molar-refractivity contribution in [1.29, 1.82) is 5.26 Å². The first-order chi connectivity index (χ1) is 22.8. The topological polar surface area (TPSA) is 165 Å². The molecule has 13 nitrogen and oxygen atoms in total. The van der Waals surface area contributed by atoms with E-state index in [-0.39, 0.29) is 35.5 Å². The third-order valence-electron chi connectivity index (χ3n) is 8.05. The summed E-state index contributed by atoms with van der Waals surface area (Å²) in [6.45, 7) is 4.81. The van der Waals surface area contributed by atoms with Crippen molar-refractivity contribution in [3.8, 4) is 23.1 Å². The third-order valence-corrected chi connectivity index (χ3v) is 8.05. The maximum atomic E-state index is 15.0. The highest BCUT2D eigenvalue weighted by atomic mass is 19.2. The molecular formula is C32H32F2N8O5. The van der Waals surface area contributed by atoms with E-state index in [9.17, 15) is 18.4 Å². The molecule has 6 rings (SSSR count). The molecule has 0 spiro atoms. The molecule has 47 heavy (non-hydrogen) atoms. The van der Waals surface area contributed by atoms with E-state index in [1.807, 2.05) is 17.9 Å². The molecule has 4 heterocycles. The number of carbonyl (C=O) groups is 3. The zero-order chi connectivity index (χ0) is 33.5. The van der Waals surface area contributed by atoms with Crippen molar-refractivity contribution >= 4 is 35.4 Å². The van der Waals surface area contributed by atoms with Crippen LogP contribution in [0, 0.1) is 35.8 Å². The van der Waals surface area contributed by atoms with Gasteiger partial charge in [0.05, 0.1) is 17.8 Å². The number of fused-ring (bicyclic) bond motifs is 1. The minimum absolute atomic E-state index is 0.0278. The standard InChI is InChI=1S/C31H30F2N8O3.CH2O2/c1-19-16-21(2-3-22(19)31(43)40-13-11-39(12-14-40)30(42)20-6-8-35-17-20)38-28-29-37-18-24(41(29)10-9-36-28)23-4-5-25(44-15-7-34)27(33)26(23)32;2-1-3/h2-5,9-10,16,18,20,35H,6,8,11-15,17H2,1H3,(H,36,38);1H,(H,2,3)/t20-;/m0./s1. The lowest BCUT2D eigenvalue weighted by atomic mass is 10.0. The number of nitrogens with zero attached hydrogens (tertiary/aromatic N) is 6. The summed E-state index contributed by atoms with van der Waals surface area (Å²) in [5.41, 5.74) is 2.65. The van der Waals surface area contributed by atoms with Gasteiger partial charge in [0, 0.05) is 61.9 Å². The van der Waals surface area contributed by atoms with Gasteiger partial charge in [-0.1, -0.05) is 0 Å². The SMILES string of the molecule is Cc1cc(Nc2nccn3c(-c4ccc(OCC#N)c(F)c4F)cnc23)ccc1C(=O)N1CCN(C(=O)[C@H]2CCNC2)CC1.O=CO. The fraction of sp³-hybridized carbons (Fsp3) is 0.312. The molecule has 0 unspecified atom stereocenters. The summed E-state index contributed by atoms with van der Waals surface area (Å²) >= 11 is 0. The van der Waals surface area contributed by atoms with E-state index < -0.39 is 18.2 Å². The molecule has 2 aliphatic rings. The largest absolute Gasteiger partial charge is 0.483 e. The number of nitriles is 1. The van der Waals surface area contributed by atoms with Crippen molar-refractivity contribution in [2.24, 2.45) is 5.92 Å². The lowest BCUT2D eigenvalue weighted by molar-refractivity contribution is -0.136. The third kappa shape index (κ3) is 6.97. The van der Waals surface area contributed by atoms with Gasteiger partial charge in [-0.3, -0.25) is 18.8 Å². The number of aryl methyl sites for hydroxylation is 1. The van der Waals surface area contributed by atoms with Crippen molar-refractivity contribution in [3.05, 3.63) is 71.7 Å². The maximum absolute atomic E-state index is 15.0. The molecule has 2 amide bonds. The Bertz CT molecular complexity index is 1830. The monoisotopic (exact) mass is 646 g/mol. The number of imidazole rings is 1. The summed E-state index contributed by atoms with van der Waals surface area (Å²) in [4.78, 5) is 46.9. The lowest BCUT2D eigenvalue weighted by Crippen LogP contribution is -2.52. The van der Waals surface area contributed by atoms with Crippen molar-refractivity contribution in [1.82, 2.24) is 29.5 Å². The first-order valence-electron chi connectivity index (χ1n) is 14.8. The second kappa shape index (κ2) is 14.6. The van der Waals surface area contributed by atoms with Gasteiger partial charge in [0.15, 0.2) is 29.6 Å². The number of nitrogens with one attached hydrogen (secondary N) is 2. The van der Waals surface area contributed by atoms with Crippen LogP contribution in [0.1, 0.15) is 22.3 Å². The van der Waals surface area contributed by atoms with E-state index >= 15 is 0 Å². The summed E-state index contributed by atoms with van der Waals surface area (Å²) in [7, 11) is 0. The average Bonchev–Trinajstić information content (AvgIpc) is 3.77. The number of rotatable bonds is 7. The van der Waals surface area contributed by atoms with Crippen LogP contribution < -0.4 is 15.4 Å². The molecule has 2 aliphatic heterocycles. The molecule has 3 N–H and O–H groups in total. The predicted molar refractivity (Wildman–Crippen MR) is 166 cm³/mol. The Hall–Kier alpha value is -5.62. The van der Waals surface area contributed by atoms with Crippen molar-refractivity contribution in [2.45, 2.75) is 13.3 Å². The van der Waals surface area contributed by atoms with Gasteiger partial charge in [-0.2, -0.15) is 9.65 Å². The van der Waals surface area contributed by atoms with E-state index in [0.717, 1.165) is 25.1 Å². The highest BCUT2D eigenvalue weighted by molar-refractivity contribution is 5.96. The molecule has 4 aromatic rings. The van der Waals surface area contributed by atoms with E-state index in [2.05, 4.69) is 20.6 Å². The maximum Gasteiger partial charge on any atom is 0.290 e. The fourth-order valence-electron chi connectivity index (χ4n) is 5.70. The number of amides is 2. The van der Waals surface area contributed by atoms with Gasteiger partial charge in [0.25, 0.3) is 12.4 Å². The predicted octanol–water partition coefficient (Wildman–Crippen LogP) is 3.22. The number of hydrogen-bond acceptors (Lipinski definition) is 9. The van der Waals surface area contributed by atoms with Gasteiger partial charge in [0.2, 0.25) is 11.7 Å². The minimum Gasteiger partial charge on any atom is -0.483 e. The van der Waals surface area contributed by atoms with Crippen LogP contribution in [0.15, 0.2) is 48.9 Å². The number of benzene rings is 2. The molecular weight excluding hydrogens is 614 g/mol. The second-order valence-electron chi connectivity index (χ2n) is 10.9. The molecule has 2 aromatic heterocycles. The average molecular weight is 647 g/mol. The molecule has 244 valence electrons. The Balaban J connectivity index is 0.00000139. The van der Waals surface area contributed by atoms with Crippen LogP contribution >= 0.6 is 0 Å². The van der Waals surface area contributed by atoms with Crippen LogP contribution in [-0.4, -0.2) is 93.4 Å². The van der Waals surface area contributed by atoms with Gasteiger partial charge in [0.1, 0.15) is 6.07 Å². The summed E-state index contributed by atoms with van der Waals surface area (Å²) in [5.74, 6) is -2.17. The number of carboxylic acid groups (broad SMARTS) is 1. The van der Waals surface area contributed by atoms with Crippen LogP contribution in [0.3, 0.4) is 0 Å². The molecule has 2 aromatic carbocycles. The van der Waals surface area contributed by atoms with Gasteiger partial charge in [-0.05, 0) is 55.8 Å². The lowest BCUT2D eigenvalue weighted by Gasteiger charge is -2.36. The Morgan fingerprint density at radius 2 is 1.89 bits per heavy atom. The zero-order valence-electron chi connectivity index (χ0n) is 25.4. The summed E-state index contributed by atoms with van der Waals surface area (Å²) in [5, 5.41) is 22.0. The molecule has 2 fully saturated rings. The van der Waals surface area contributed by atoms with E-state index in [4.69, 9.17) is 19.9 Å². The molecule has 1 atom stereocenters. The number of ether oxygens (including phenoxy) is 1. The first-order valence-corrected chi connectivity index (χ1v) is 14.8. The quantitative estimate of drug-likeness (QED) is 0.254. The van der Waals surface area contributed by atoms with E-state index in [1.54, 1.807) is 33.7 Å². The van der Waals surface area contributed by atoms with Gasteiger partial charge >= 0.3 is 0 Å². The minimum atomic E-state index is -1.19. The zero-order valence-corrected chi connectivity index (χ0v) is 25.4. The van der Waals surface area contributed by atoms with Crippen LogP contribution in [0.5, 0.6) is 5.75 Å². The van der Waals surface area contributed by atoms with Crippen molar-refractivity contribution in [2.75, 3.05) is 51.2 Å². The number of hydrogen-bond donors (Lipinski definition) is 3. The Morgan fingerprint density at radius 1 is 1.15 bits per heavy atom. The first kappa shape index (κ1) is 32.8. The van der Waals surface area contributed by atoms with E-state index in [0.29, 0.717) is 54.6 Å². The van der Waals surface area contributed by atoms with Crippen LogP contribution in [0.2, 0.25) is 0 Å². The smallest absolute Gasteiger partial charge is 0.290 e. The highest BCUT2D eigenvalue weighted by Crippen LogP contribution is 2.32. The van der Waals surface area contributed by atoms with Gasteiger partial charge in [-0.15, -0.1) is 0 Å². The van der Waals surface area contributed by atoms with Crippen molar-refractivity contribution in [3.63, 3.8) is 0 Å². The molecule has 0 aliphatic carbocycles. The van der Waals surface area contributed by atoms with Crippen LogP contribution in [0.25, 0.3) is 16.9 Å². The molecule has 2 saturated heterocycles. The number of piperazine rings is 1. The fourth-order valence-corrected chi connectivity index (χ4v) is 5.70. The number of aromatic nitrogens is 3. The highest BCUT2D eigenvalue weighted by Gasteiger charge is 2.31. The Labute approximate surface area is 268 Å². The van der Waals surface area contributed by atoms with Gasteiger partial charge in [-0.25, -0.2) is 14.4 Å². The Kier molecular flexibility index (Phi) is 10.2. The van der Waals surface area contributed by atoms with E-state index in [1.165, 1.54) is 24.5 Å². The van der Waals surface area contributed by atoms with Crippen LogP contribution in [-0.2, 0) is 9.59 Å².